The van der Waals surface area contributed by atoms with E-state index in [4.69, 9.17) is 16.7 Å². The first-order chi connectivity index (χ1) is 12.8. The molecule has 144 valence electrons. The summed E-state index contributed by atoms with van der Waals surface area (Å²) in [4.78, 5) is 13.8. The predicted octanol–water partition coefficient (Wildman–Crippen LogP) is 3.69. The summed E-state index contributed by atoms with van der Waals surface area (Å²) >= 11 is 7.22. The molecule has 3 rings (SSSR count). The molecule has 7 nitrogen and oxygen atoms in total. The van der Waals surface area contributed by atoms with E-state index in [2.05, 4.69) is 20.3 Å². The Morgan fingerprint density at radius 1 is 1.48 bits per heavy atom. The van der Waals surface area contributed by atoms with Crippen LogP contribution in [0.1, 0.15) is 26.7 Å². The van der Waals surface area contributed by atoms with Crippen LogP contribution in [0.3, 0.4) is 0 Å². The van der Waals surface area contributed by atoms with Crippen molar-refractivity contribution in [2.45, 2.75) is 30.9 Å². The SMILES string of the molecule is CC/N=C(\C=C(/C)Nc1ncc(Cl)c(-c2ccc(S(N)(=O)=O)s2)n1)C1CC1. The van der Waals surface area contributed by atoms with Gasteiger partial charge >= 0.3 is 0 Å². The van der Waals surface area contributed by atoms with Gasteiger partial charge < -0.3 is 5.32 Å². The van der Waals surface area contributed by atoms with Gasteiger partial charge in [0.05, 0.1) is 16.1 Å². The van der Waals surface area contributed by atoms with Crippen LogP contribution in [-0.4, -0.2) is 30.6 Å². The van der Waals surface area contributed by atoms with E-state index in [0.29, 0.717) is 27.5 Å². The summed E-state index contributed by atoms with van der Waals surface area (Å²) in [5.74, 6) is 0.923. The maximum Gasteiger partial charge on any atom is 0.247 e. The van der Waals surface area contributed by atoms with Crippen molar-refractivity contribution < 1.29 is 8.42 Å². The molecule has 1 saturated carbocycles. The van der Waals surface area contributed by atoms with E-state index in [0.717, 1.165) is 29.3 Å². The van der Waals surface area contributed by atoms with E-state index in [-0.39, 0.29) is 4.21 Å². The molecule has 3 N–H and O–H groups in total. The van der Waals surface area contributed by atoms with Crippen LogP contribution in [0.2, 0.25) is 5.02 Å². The Morgan fingerprint density at radius 3 is 2.81 bits per heavy atom. The zero-order chi connectivity index (χ0) is 19.6. The second-order valence-electron chi connectivity index (χ2n) is 6.18. The molecule has 2 aromatic rings. The average molecular weight is 426 g/mol. The monoisotopic (exact) mass is 425 g/mol. The highest BCUT2D eigenvalue weighted by atomic mass is 35.5. The van der Waals surface area contributed by atoms with E-state index in [1.807, 2.05) is 19.9 Å². The van der Waals surface area contributed by atoms with Crippen molar-refractivity contribution in [2.24, 2.45) is 16.0 Å². The van der Waals surface area contributed by atoms with Crippen LogP contribution >= 0.6 is 22.9 Å². The van der Waals surface area contributed by atoms with Crippen molar-refractivity contribution >= 4 is 44.6 Å². The number of primary sulfonamides is 1. The van der Waals surface area contributed by atoms with E-state index in [9.17, 15) is 8.42 Å². The number of aliphatic imine (C=N–C) groups is 1. The summed E-state index contributed by atoms with van der Waals surface area (Å²) < 4.78 is 23.0. The fourth-order valence-corrected chi connectivity index (χ4v) is 4.47. The van der Waals surface area contributed by atoms with Crippen molar-refractivity contribution in [1.82, 2.24) is 9.97 Å². The van der Waals surface area contributed by atoms with Crippen LogP contribution < -0.4 is 10.5 Å². The lowest BCUT2D eigenvalue weighted by Gasteiger charge is -2.08. The third-order valence-electron chi connectivity index (χ3n) is 3.85. The lowest BCUT2D eigenvalue weighted by Crippen LogP contribution is -2.09. The Morgan fingerprint density at radius 2 is 2.22 bits per heavy atom. The number of sulfonamides is 1. The van der Waals surface area contributed by atoms with Gasteiger partial charge in [0, 0.05) is 23.9 Å². The summed E-state index contributed by atoms with van der Waals surface area (Å²) in [6, 6.07) is 3.07. The largest absolute Gasteiger partial charge is 0.328 e. The van der Waals surface area contributed by atoms with E-state index in [1.54, 1.807) is 6.07 Å². The predicted molar refractivity (Wildman–Crippen MR) is 110 cm³/mol. The van der Waals surface area contributed by atoms with Crippen LogP contribution in [0.25, 0.3) is 10.6 Å². The van der Waals surface area contributed by atoms with Gasteiger partial charge in [-0.05, 0) is 44.9 Å². The third-order valence-corrected chi connectivity index (χ3v) is 6.66. The lowest BCUT2D eigenvalue weighted by atomic mass is 10.2. The molecule has 0 amide bonds. The Balaban J connectivity index is 1.85. The molecule has 0 bridgehead atoms. The molecular formula is C17H20ClN5O2S2. The summed E-state index contributed by atoms with van der Waals surface area (Å²) in [6.45, 7) is 4.70. The Bertz CT molecular complexity index is 1010. The molecule has 0 spiro atoms. The number of aromatic nitrogens is 2. The smallest absolute Gasteiger partial charge is 0.247 e. The molecule has 0 aliphatic heterocycles. The van der Waals surface area contributed by atoms with Crippen LogP contribution in [0, 0.1) is 5.92 Å². The van der Waals surface area contributed by atoms with Crippen molar-refractivity contribution in [3.8, 4) is 10.6 Å². The molecule has 2 aromatic heterocycles. The van der Waals surface area contributed by atoms with Gasteiger partial charge in [-0.25, -0.2) is 23.5 Å². The van der Waals surface area contributed by atoms with Crippen LogP contribution in [0.5, 0.6) is 0 Å². The lowest BCUT2D eigenvalue weighted by molar-refractivity contribution is 0.600. The van der Waals surface area contributed by atoms with Crippen molar-refractivity contribution in [3.63, 3.8) is 0 Å². The zero-order valence-electron chi connectivity index (χ0n) is 14.9. The van der Waals surface area contributed by atoms with Gasteiger partial charge in [0.25, 0.3) is 0 Å². The Hall–Kier alpha value is -1.81. The summed E-state index contributed by atoms with van der Waals surface area (Å²) in [7, 11) is -3.76. The first kappa shape index (κ1) is 19.9. The molecule has 0 aromatic carbocycles. The highest BCUT2D eigenvalue weighted by Gasteiger charge is 2.26. The van der Waals surface area contributed by atoms with Crippen LogP contribution in [0.4, 0.5) is 5.95 Å². The van der Waals surface area contributed by atoms with Gasteiger partial charge in [-0.1, -0.05) is 11.6 Å². The van der Waals surface area contributed by atoms with Crippen molar-refractivity contribution in [2.75, 3.05) is 11.9 Å². The van der Waals surface area contributed by atoms with Crippen LogP contribution in [0.15, 0.2) is 39.3 Å². The van der Waals surface area contributed by atoms with Gasteiger partial charge in [-0.2, -0.15) is 0 Å². The number of rotatable bonds is 7. The van der Waals surface area contributed by atoms with E-state index >= 15 is 0 Å². The maximum absolute atomic E-state index is 11.5. The maximum atomic E-state index is 11.5. The molecule has 27 heavy (non-hydrogen) atoms. The highest BCUT2D eigenvalue weighted by molar-refractivity contribution is 7.91. The highest BCUT2D eigenvalue weighted by Crippen LogP contribution is 2.34. The standard InChI is InChI=1S/C17H20ClN5O2S2/c1-3-20-13(11-4-5-11)8-10(2)22-17-21-9-12(18)16(23-17)14-6-7-15(26-14)27(19,24)25/h6-9,11H,3-5H2,1-2H3,(H2,19,24,25)(H,21,22,23)/b10-8+,20-13+. The molecule has 0 atom stereocenters. The minimum atomic E-state index is -3.76. The molecule has 1 fully saturated rings. The first-order valence-corrected chi connectivity index (χ1v) is 11.2. The van der Waals surface area contributed by atoms with Gasteiger partial charge in [0.2, 0.25) is 16.0 Å². The van der Waals surface area contributed by atoms with Gasteiger partial charge in [0.15, 0.2) is 0 Å². The summed E-state index contributed by atoms with van der Waals surface area (Å²) in [6.07, 6.45) is 5.85. The topological polar surface area (TPSA) is 110 Å². The fourth-order valence-electron chi connectivity index (χ4n) is 2.49. The minimum absolute atomic E-state index is 0.0580. The minimum Gasteiger partial charge on any atom is -0.328 e. The number of allylic oxidation sites excluding steroid dienone is 2. The van der Waals surface area contributed by atoms with Gasteiger partial charge in [-0.3, -0.25) is 4.99 Å². The summed E-state index contributed by atoms with van der Waals surface area (Å²) in [5, 5.41) is 8.65. The molecule has 1 aliphatic carbocycles. The number of nitrogens with one attached hydrogen (secondary N) is 1. The molecule has 0 radical (unpaired) electrons. The quantitative estimate of drug-likeness (QED) is 0.657. The number of halogens is 1. The first-order valence-electron chi connectivity index (χ1n) is 8.43. The normalized spacial score (nSPS) is 15.9. The number of anilines is 1. The molecule has 2 heterocycles. The number of nitrogens with zero attached hydrogens (tertiary/aromatic N) is 3. The third kappa shape index (κ3) is 5.13. The van der Waals surface area contributed by atoms with Crippen LogP contribution in [-0.2, 0) is 10.0 Å². The molecule has 10 heteroatoms. The Labute approximate surface area is 167 Å². The van der Waals surface area contributed by atoms with E-state index in [1.165, 1.54) is 25.1 Å². The molecular weight excluding hydrogens is 406 g/mol. The summed E-state index contributed by atoms with van der Waals surface area (Å²) in [5.41, 5.74) is 2.41. The molecule has 1 aliphatic rings. The molecule has 0 saturated heterocycles. The number of hydrogen-bond donors (Lipinski definition) is 2. The van der Waals surface area contributed by atoms with Gasteiger partial charge in [-0.15, -0.1) is 11.3 Å². The Kier molecular flexibility index (Phi) is 5.95. The zero-order valence-corrected chi connectivity index (χ0v) is 17.3. The number of nitrogens with two attached hydrogens (primary N) is 1. The average Bonchev–Trinajstić information content (AvgIpc) is 3.31. The molecule has 0 unspecified atom stereocenters. The van der Waals surface area contributed by atoms with Crippen molar-refractivity contribution in [1.29, 1.82) is 0 Å². The second-order valence-corrected chi connectivity index (χ2v) is 9.46. The van der Waals surface area contributed by atoms with Gasteiger partial charge in [0.1, 0.15) is 9.90 Å². The number of hydrogen-bond acceptors (Lipinski definition) is 7. The van der Waals surface area contributed by atoms with E-state index < -0.39 is 10.0 Å². The van der Waals surface area contributed by atoms with Crippen molar-refractivity contribution in [3.05, 3.63) is 35.1 Å². The second kappa shape index (κ2) is 8.05. The fraction of sp³-hybridized carbons (Fsp3) is 0.353. The number of thiophene rings is 1.